The van der Waals surface area contributed by atoms with Crippen LogP contribution in [0.25, 0.3) is 0 Å². The first-order chi connectivity index (χ1) is 9.19. The Kier molecular flexibility index (Phi) is 4.28. The summed E-state index contributed by atoms with van der Waals surface area (Å²) in [6.45, 7) is 2.18. The number of anilines is 1. The zero-order valence-corrected chi connectivity index (χ0v) is 11.3. The number of hydrogen-bond acceptors (Lipinski definition) is 3. The van der Waals surface area contributed by atoms with Crippen LogP contribution in [-0.4, -0.2) is 20.9 Å². The van der Waals surface area contributed by atoms with Gasteiger partial charge in [0.05, 0.1) is 6.20 Å². The van der Waals surface area contributed by atoms with Crippen molar-refractivity contribution in [2.45, 2.75) is 26.2 Å². The highest BCUT2D eigenvalue weighted by Crippen LogP contribution is 2.12. The normalized spacial score (nSPS) is 10.4. The quantitative estimate of drug-likeness (QED) is 0.896. The molecule has 0 bridgehead atoms. The topological polar surface area (TPSA) is 59.8 Å². The van der Waals surface area contributed by atoms with Crippen molar-refractivity contribution in [1.29, 1.82) is 0 Å². The average molecular weight is 258 g/mol. The van der Waals surface area contributed by atoms with E-state index in [2.05, 4.69) is 22.6 Å². The lowest BCUT2D eigenvalue weighted by molar-refractivity contribution is 0.102. The molecule has 0 fully saturated rings. The summed E-state index contributed by atoms with van der Waals surface area (Å²) < 4.78 is 1.50. The lowest BCUT2D eigenvalue weighted by Crippen LogP contribution is -2.12. The Morgan fingerprint density at radius 3 is 2.63 bits per heavy atom. The fraction of sp³-hybridized carbons (Fsp3) is 0.357. The highest BCUT2D eigenvalue weighted by Gasteiger charge is 2.09. The third-order valence-corrected chi connectivity index (χ3v) is 2.87. The highest BCUT2D eigenvalue weighted by molar-refractivity contribution is 6.02. The molecule has 1 amide bonds. The molecule has 2 aromatic rings. The van der Waals surface area contributed by atoms with Gasteiger partial charge in [-0.05, 0) is 30.5 Å². The molecule has 5 nitrogen and oxygen atoms in total. The van der Waals surface area contributed by atoms with E-state index in [9.17, 15) is 4.79 Å². The van der Waals surface area contributed by atoms with Crippen LogP contribution in [0.2, 0.25) is 0 Å². The summed E-state index contributed by atoms with van der Waals surface area (Å²) in [4.78, 5) is 11.9. The van der Waals surface area contributed by atoms with Crippen LogP contribution in [0.1, 0.15) is 35.8 Å². The van der Waals surface area contributed by atoms with Crippen molar-refractivity contribution in [3.05, 3.63) is 41.7 Å². The second-order valence-electron chi connectivity index (χ2n) is 4.53. The number of aryl methyl sites for hydroxylation is 2. The number of aromatic nitrogens is 3. The van der Waals surface area contributed by atoms with Crippen molar-refractivity contribution < 1.29 is 4.79 Å². The van der Waals surface area contributed by atoms with Crippen molar-refractivity contribution in [3.8, 4) is 0 Å². The summed E-state index contributed by atoms with van der Waals surface area (Å²) >= 11 is 0. The second kappa shape index (κ2) is 6.13. The number of hydrogen-bond donors (Lipinski definition) is 1. The smallest absolute Gasteiger partial charge is 0.277 e. The van der Waals surface area contributed by atoms with E-state index in [1.54, 1.807) is 13.2 Å². The van der Waals surface area contributed by atoms with Crippen LogP contribution in [0, 0.1) is 0 Å². The molecule has 1 aromatic carbocycles. The molecule has 1 N–H and O–H groups in total. The molecule has 0 saturated carbocycles. The molecule has 0 aliphatic rings. The summed E-state index contributed by atoms with van der Waals surface area (Å²) in [7, 11) is 1.73. The number of rotatable bonds is 5. The maximum atomic E-state index is 11.9. The standard InChI is InChI=1S/C14H18N4O/c1-3-4-5-11-6-8-12(9-7-11)15-14(19)13-10-18(2)17-16-13/h6-10H,3-5H2,1-2H3,(H,15,19). The first kappa shape index (κ1) is 13.3. The molecular weight excluding hydrogens is 240 g/mol. The lowest BCUT2D eigenvalue weighted by atomic mass is 10.1. The number of unbranched alkanes of at least 4 members (excludes halogenated alkanes) is 1. The van der Waals surface area contributed by atoms with Crippen molar-refractivity contribution >= 4 is 11.6 Å². The van der Waals surface area contributed by atoms with Gasteiger partial charge in [0.25, 0.3) is 5.91 Å². The van der Waals surface area contributed by atoms with Crippen LogP contribution >= 0.6 is 0 Å². The van der Waals surface area contributed by atoms with Gasteiger partial charge >= 0.3 is 0 Å². The summed E-state index contributed by atoms with van der Waals surface area (Å²) in [5.41, 5.74) is 2.38. The minimum absolute atomic E-state index is 0.241. The van der Waals surface area contributed by atoms with Crippen LogP contribution in [0.3, 0.4) is 0 Å². The number of benzene rings is 1. The highest BCUT2D eigenvalue weighted by atomic mass is 16.2. The van der Waals surface area contributed by atoms with Gasteiger partial charge in [-0.1, -0.05) is 30.7 Å². The van der Waals surface area contributed by atoms with E-state index in [-0.39, 0.29) is 5.91 Å². The number of carbonyl (C=O) groups is 1. The van der Waals surface area contributed by atoms with Crippen molar-refractivity contribution in [1.82, 2.24) is 15.0 Å². The summed E-state index contributed by atoms with van der Waals surface area (Å²) in [5.74, 6) is -0.241. The SMILES string of the molecule is CCCCc1ccc(NC(=O)c2cn(C)nn2)cc1. The second-order valence-corrected chi connectivity index (χ2v) is 4.53. The number of carbonyl (C=O) groups excluding carboxylic acids is 1. The Hall–Kier alpha value is -2.17. The van der Waals surface area contributed by atoms with E-state index in [0.29, 0.717) is 5.69 Å². The summed E-state index contributed by atoms with van der Waals surface area (Å²) in [6, 6.07) is 7.92. The van der Waals surface area contributed by atoms with E-state index < -0.39 is 0 Å². The number of amides is 1. The molecule has 2 rings (SSSR count). The van der Waals surface area contributed by atoms with E-state index in [0.717, 1.165) is 12.1 Å². The molecule has 19 heavy (non-hydrogen) atoms. The van der Waals surface area contributed by atoms with Crippen LogP contribution in [-0.2, 0) is 13.5 Å². The zero-order chi connectivity index (χ0) is 13.7. The predicted molar refractivity (Wildman–Crippen MR) is 74.0 cm³/mol. The molecule has 100 valence electrons. The molecule has 1 aromatic heterocycles. The van der Waals surface area contributed by atoms with Gasteiger partial charge in [0.2, 0.25) is 0 Å². The minimum Gasteiger partial charge on any atom is -0.321 e. The summed E-state index contributed by atoms with van der Waals surface area (Å²) in [6.07, 6.45) is 5.04. The average Bonchev–Trinajstić information content (AvgIpc) is 2.85. The van der Waals surface area contributed by atoms with Crippen molar-refractivity contribution in [2.24, 2.45) is 7.05 Å². The molecule has 0 radical (unpaired) electrons. The molecule has 0 aliphatic heterocycles. The minimum atomic E-state index is -0.241. The Bertz CT molecular complexity index is 545. The maximum absolute atomic E-state index is 11.9. The van der Waals surface area contributed by atoms with Crippen LogP contribution in [0.5, 0.6) is 0 Å². The monoisotopic (exact) mass is 258 g/mol. The van der Waals surface area contributed by atoms with Gasteiger partial charge in [0.15, 0.2) is 5.69 Å². The van der Waals surface area contributed by atoms with Gasteiger partial charge < -0.3 is 5.32 Å². The zero-order valence-electron chi connectivity index (χ0n) is 11.3. The third-order valence-electron chi connectivity index (χ3n) is 2.87. The fourth-order valence-electron chi connectivity index (χ4n) is 1.78. The third kappa shape index (κ3) is 3.64. The molecule has 0 unspecified atom stereocenters. The number of nitrogens with zero attached hydrogens (tertiary/aromatic N) is 3. The molecular formula is C14H18N4O. The first-order valence-corrected chi connectivity index (χ1v) is 6.45. The van der Waals surface area contributed by atoms with Crippen molar-refractivity contribution in [3.63, 3.8) is 0 Å². The fourth-order valence-corrected chi connectivity index (χ4v) is 1.78. The van der Waals surface area contributed by atoms with E-state index in [1.165, 1.54) is 23.1 Å². The van der Waals surface area contributed by atoms with Gasteiger partial charge in [-0.3, -0.25) is 9.48 Å². The van der Waals surface area contributed by atoms with Gasteiger partial charge in [-0.15, -0.1) is 5.10 Å². The van der Waals surface area contributed by atoms with E-state index in [1.807, 2.05) is 24.3 Å². The Balaban J connectivity index is 1.97. The van der Waals surface area contributed by atoms with Crippen LogP contribution in [0.15, 0.2) is 30.5 Å². The van der Waals surface area contributed by atoms with E-state index in [4.69, 9.17) is 0 Å². The first-order valence-electron chi connectivity index (χ1n) is 6.45. The molecule has 1 heterocycles. The van der Waals surface area contributed by atoms with Crippen LogP contribution in [0.4, 0.5) is 5.69 Å². The molecule has 0 atom stereocenters. The van der Waals surface area contributed by atoms with Crippen molar-refractivity contribution in [2.75, 3.05) is 5.32 Å². The molecule has 0 saturated heterocycles. The largest absolute Gasteiger partial charge is 0.321 e. The summed E-state index contributed by atoms with van der Waals surface area (Å²) in [5, 5.41) is 10.3. The van der Waals surface area contributed by atoms with Gasteiger partial charge in [-0.25, -0.2) is 0 Å². The predicted octanol–water partition coefficient (Wildman–Crippen LogP) is 2.41. The van der Waals surface area contributed by atoms with Gasteiger partial charge in [0.1, 0.15) is 0 Å². The Morgan fingerprint density at radius 2 is 2.05 bits per heavy atom. The van der Waals surface area contributed by atoms with Gasteiger partial charge in [0, 0.05) is 12.7 Å². The molecule has 5 heteroatoms. The van der Waals surface area contributed by atoms with E-state index >= 15 is 0 Å². The number of nitrogens with one attached hydrogen (secondary N) is 1. The Morgan fingerprint density at radius 1 is 1.32 bits per heavy atom. The Labute approximate surface area is 112 Å². The maximum Gasteiger partial charge on any atom is 0.277 e. The lowest BCUT2D eigenvalue weighted by Gasteiger charge is -2.04. The van der Waals surface area contributed by atoms with Crippen LogP contribution < -0.4 is 5.32 Å². The van der Waals surface area contributed by atoms with Gasteiger partial charge in [-0.2, -0.15) is 0 Å². The molecule has 0 aliphatic carbocycles. The molecule has 0 spiro atoms.